The van der Waals surface area contributed by atoms with Gasteiger partial charge in [-0.2, -0.15) is 0 Å². The van der Waals surface area contributed by atoms with Crippen molar-refractivity contribution in [3.05, 3.63) is 60.2 Å². The molecule has 158 valence electrons. The monoisotopic (exact) mass is 434 g/mol. The SMILES string of the molecule is CCc1ccccc1NC(=O)C1CCN(c2ncnc3c2sc2cccc(F)c23)CC1. The molecule has 5 nitrogen and oxygen atoms in total. The molecule has 4 aromatic rings. The molecule has 7 heteroatoms. The Morgan fingerprint density at radius 1 is 1.16 bits per heavy atom. The van der Waals surface area contributed by atoms with Gasteiger partial charge in [-0.3, -0.25) is 4.79 Å². The number of nitrogens with one attached hydrogen (secondary N) is 1. The summed E-state index contributed by atoms with van der Waals surface area (Å²) in [6.07, 6.45) is 3.90. The number of halogens is 1. The van der Waals surface area contributed by atoms with Gasteiger partial charge in [-0.25, -0.2) is 14.4 Å². The van der Waals surface area contributed by atoms with Gasteiger partial charge in [0.05, 0.1) is 15.6 Å². The molecule has 1 fully saturated rings. The summed E-state index contributed by atoms with van der Waals surface area (Å²) in [6, 6.07) is 13.1. The van der Waals surface area contributed by atoms with Crippen LogP contribution in [-0.2, 0) is 11.2 Å². The van der Waals surface area contributed by atoms with Crippen molar-refractivity contribution in [2.24, 2.45) is 5.92 Å². The molecule has 3 heterocycles. The van der Waals surface area contributed by atoms with E-state index in [4.69, 9.17) is 0 Å². The van der Waals surface area contributed by atoms with Crippen LogP contribution in [0.15, 0.2) is 48.8 Å². The molecule has 1 aliphatic rings. The highest BCUT2D eigenvalue weighted by Crippen LogP contribution is 2.39. The first-order valence-corrected chi connectivity index (χ1v) is 11.4. The molecule has 0 aliphatic carbocycles. The maximum Gasteiger partial charge on any atom is 0.227 e. The van der Waals surface area contributed by atoms with E-state index in [9.17, 15) is 9.18 Å². The van der Waals surface area contributed by atoms with E-state index in [2.05, 4.69) is 27.1 Å². The lowest BCUT2D eigenvalue weighted by atomic mass is 9.95. The number of piperidine rings is 1. The van der Waals surface area contributed by atoms with Gasteiger partial charge in [-0.15, -0.1) is 11.3 Å². The number of para-hydroxylation sites is 1. The third kappa shape index (κ3) is 3.63. The Balaban J connectivity index is 1.34. The molecule has 2 aromatic heterocycles. The number of fused-ring (bicyclic) bond motifs is 3. The number of aromatic nitrogens is 2. The van der Waals surface area contributed by atoms with Crippen molar-refractivity contribution in [1.29, 1.82) is 0 Å². The topological polar surface area (TPSA) is 58.1 Å². The zero-order valence-electron chi connectivity index (χ0n) is 17.3. The predicted molar refractivity (Wildman–Crippen MR) is 124 cm³/mol. The highest BCUT2D eigenvalue weighted by molar-refractivity contribution is 7.26. The smallest absolute Gasteiger partial charge is 0.227 e. The second-order valence-corrected chi connectivity index (χ2v) is 8.90. The van der Waals surface area contributed by atoms with Gasteiger partial charge < -0.3 is 10.2 Å². The highest BCUT2D eigenvalue weighted by atomic mass is 32.1. The number of amides is 1. The molecule has 0 bridgehead atoms. The normalized spacial score (nSPS) is 15.0. The van der Waals surface area contributed by atoms with Gasteiger partial charge in [0.2, 0.25) is 5.91 Å². The molecule has 0 spiro atoms. The van der Waals surface area contributed by atoms with Crippen LogP contribution in [-0.4, -0.2) is 29.0 Å². The zero-order valence-corrected chi connectivity index (χ0v) is 18.1. The summed E-state index contributed by atoms with van der Waals surface area (Å²) in [5.74, 6) is 0.632. The van der Waals surface area contributed by atoms with Gasteiger partial charge in [0.1, 0.15) is 18.0 Å². The Hall–Kier alpha value is -3.06. The third-order valence-electron chi connectivity index (χ3n) is 6.03. The third-order valence-corrected chi connectivity index (χ3v) is 7.17. The lowest BCUT2D eigenvalue weighted by molar-refractivity contribution is -0.120. The van der Waals surface area contributed by atoms with Crippen LogP contribution in [0.4, 0.5) is 15.9 Å². The van der Waals surface area contributed by atoms with Crippen LogP contribution >= 0.6 is 11.3 Å². The van der Waals surface area contributed by atoms with Crippen molar-refractivity contribution >= 4 is 49.1 Å². The molecule has 2 aromatic carbocycles. The fourth-order valence-corrected chi connectivity index (χ4v) is 5.52. The molecule has 1 N–H and O–H groups in total. The van der Waals surface area contributed by atoms with Gasteiger partial charge in [0.15, 0.2) is 0 Å². The molecule has 1 saturated heterocycles. The van der Waals surface area contributed by atoms with E-state index in [0.717, 1.165) is 58.8 Å². The summed E-state index contributed by atoms with van der Waals surface area (Å²) in [4.78, 5) is 23.9. The number of rotatable bonds is 4. The Morgan fingerprint density at radius 2 is 1.97 bits per heavy atom. The summed E-state index contributed by atoms with van der Waals surface area (Å²) in [7, 11) is 0. The minimum atomic E-state index is -0.254. The van der Waals surface area contributed by atoms with Crippen LogP contribution < -0.4 is 10.2 Å². The van der Waals surface area contributed by atoms with Crippen LogP contribution in [0, 0.1) is 11.7 Å². The summed E-state index contributed by atoms with van der Waals surface area (Å²) in [6.45, 7) is 3.55. The predicted octanol–water partition coefficient (Wildman–Crippen LogP) is 5.40. The van der Waals surface area contributed by atoms with E-state index in [1.165, 1.54) is 23.7 Å². The molecule has 31 heavy (non-hydrogen) atoms. The summed E-state index contributed by atoms with van der Waals surface area (Å²) < 4.78 is 16.2. The van der Waals surface area contributed by atoms with E-state index in [1.807, 2.05) is 30.3 Å². The van der Waals surface area contributed by atoms with Gasteiger partial charge in [0, 0.05) is 29.4 Å². The second-order valence-electron chi connectivity index (χ2n) is 7.85. The van der Waals surface area contributed by atoms with Crippen molar-refractivity contribution in [2.45, 2.75) is 26.2 Å². The lowest BCUT2D eigenvalue weighted by Gasteiger charge is -2.32. The molecule has 0 atom stereocenters. The molecule has 5 rings (SSSR count). The fraction of sp³-hybridized carbons (Fsp3) is 0.292. The van der Waals surface area contributed by atoms with E-state index < -0.39 is 0 Å². The van der Waals surface area contributed by atoms with E-state index in [0.29, 0.717) is 10.9 Å². The van der Waals surface area contributed by atoms with Gasteiger partial charge >= 0.3 is 0 Å². The number of hydrogen-bond acceptors (Lipinski definition) is 5. The van der Waals surface area contributed by atoms with E-state index in [-0.39, 0.29) is 17.6 Å². The Labute approximate surface area is 183 Å². The maximum atomic E-state index is 14.4. The number of benzene rings is 2. The minimum Gasteiger partial charge on any atom is -0.355 e. The van der Waals surface area contributed by atoms with E-state index >= 15 is 0 Å². The van der Waals surface area contributed by atoms with Crippen molar-refractivity contribution < 1.29 is 9.18 Å². The Morgan fingerprint density at radius 3 is 2.77 bits per heavy atom. The van der Waals surface area contributed by atoms with Crippen molar-refractivity contribution in [3.63, 3.8) is 0 Å². The number of anilines is 2. The number of carbonyl (C=O) groups excluding carboxylic acids is 1. The highest BCUT2D eigenvalue weighted by Gasteiger charge is 2.27. The van der Waals surface area contributed by atoms with Crippen LogP contribution in [0.5, 0.6) is 0 Å². The first-order chi connectivity index (χ1) is 15.2. The lowest BCUT2D eigenvalue weighted by Crippen LogP contribution is -2.38. The number of hydrogen-bond donors (Lipinski definition) is 1. The van der Waals surface area contributed by atoms with Crippen LogP contribution in [0.3, 0.4) is 0 Å². The number of thiophene rings is 1. The molecule has 1 amide bonds. The van der Waals surface area contributed by atoms with Gasteiger partial charge in [-0.1, -0.05) is 31.2 Å². The average molecular weight is 435 g/mol. The van der Waals surface area contributed by atoms with E-state index in [1.54, 1.807) is 6.07 Å². The second kappa shape index (κ2) is 8.23. The minimum absolute atomic E-state index is 0.0293. The van der Waals surface area contributed by atoms with Crippen LogP contribution in [0.1, 0.15) is 25.3 Å². The quantitative estimate of drug-likeness (QED) is 0.467. The molecular formula is C24H23FN4OS. The van der Waals surface area contributed by atoms with Crippen LogP contribution in [0.2, 0.25) is 0 Å². The molecule has 1 aliphatic heterocycles. The Kier molecular flexibility index (Phi) is 5.28. The van der Waals surface area contributed by atoms with Crippen molar-refractivity contribution in [3.8, 4) is 0 Å². The number of aryl methyl sites for hydroxylation is 1. The first kappa shape index (κ1) is 19.9. The van der Waals surface area contributed by atoms with Crippen LogP contribution in [0.25, 0.3) is 20.3 Å². The first-order valence-electron chi connectivity index (χ1n) is 10.6. The van der Waals surface area contributed by atoms with Crippen molar-refractivity contribution in [2.75, 3.05) is 23.3 Å². The fourth-order valence-electron chi connectivity index (χ4n) is 4.33. The summed E-state index contributed by atoms with van der Waals surface area (Å²) >= 11 is 1.52. The number of carbonyl (C=O) groups is 1. The maximum absolute atomic E-state index is 14.4. The number of nitrogens with zero attached hydrogens (tertiary/aromatic N) is 3. The van der Waals surface area contributed by atoms with Gasteiger partial charge in [-0.05, 0) is 43.0 Å². The Bertz CT molecular complexity index is 1260. The molecule has 0 unspecified atom stereocenters. The standard InChI is InChI=1S/C24H23FN4OS/c1-2-15-6-3-4-8-18(15)28-24(30)16-10-12-29(13-11-16)23-22-21(26-14-27-23)20-17(25)7-5-9-19(20)31-22/h3-9,14,16H,2,10-13H2,1H3,(H,28,30). The largest absolute Gasteiger partial charge is 0.355 e. The average Bonchev–Trinajstić information content (AvgIpc) is 3.19. The van der Waals surface area contributed by atoms with Gasteiger partial charge in [0.25, 0.3) is 0 Å². The zero-order chi connectivity index (χ0) is 21.4. The molecular weight excluding hydrogens is 411 g/mol. The molecule has 0 radical (unpaired) electrons. The summed E-state index contributed by atoms with van der Waals surface area (Å²) in [5, 5.41) is 3.68. The van der Waals surface area contributed by atoms with Crippen molar-refractivity contribution in [1.82, 2.24) is 9.97 Å². The summed E-state index contributed by atoms with van der Waals surface area (Å²) in [5.41, 5.74) is 2.72. The molecule has 0 saturated carbocycles.